The molecule has 19 heavy (non-hydrogen) atoms. The van der Waals surface area contributed by atoms with Crippen molar-refractivity contribution in [2.45, 2.75) is 50.4 Å². The fourth-order valence-electron chi connectivity index (χ4n) is 3.81. The van der Waals surface area contributed by atoms with Gasteiger partial charge in [0, 0.05) is 30.9 Å². The Kier molecular flexibility index (Phi) is 3.76. The van der Waals surface area contributed by atoms with Crippen LogP contribution in [0.15, 0.2) is 24.3 Å². The maximum Gasteiger partial charge on any atom is 0.0713 e. The van der Waals surface area contributed by atoms with Gasteiger partial charge in [0.25, 0.3) is 0 Å². The summed E-state index contributed by atoms with van der Waals surface area (Å²) in [5, 5.41) is 3.46. The molecule has 3 heteroatoms. The van der Waals surface area contributed by atoms with Gasteiger partial charge in [0.05, 0.1) is 6.61 Å². The maximum atomic E-state index is 5.25. The normalized spacial score (nSPS) is 29.8. The lowest BCUT2D eigenvalue weighted by Crippen LogP contribution is -2.48. The van der Waals surface area contributed by atoms with Crippen molar-refractivity contribution >= 4 is 5.69 Å². The highest BCUT2D eigenvalue weighted by molar-refractivity contribution is 5.52. The predicted molar refractivity (Wildman–Crippen MR) is 78.5 cm³/mol. The third-order valence-electron chi connectivity index (χ3n) is 4.66. The SMILES string of the molecule is CNC1CC2CCC(C1)N2c1cccc(COC)c1. The molecule has 0 amide bonds. The summed E-state index contributed by atoms with van der Waals surface area (Å²) >= 11 is 0. The smallest absolute Gasteiger partial charge is 0.0713 e. The number of hydrogen-bond donors (Lipinski definition) is 1. The lowest BCUT2D eigenvalue weighted by Gasteiger charge is -2.40. The number of benzene rings is 1. The van der Waals surface area contributed by atoms with Crippen LogP contribution in [0.2, 0.25) is 0 Å². The quantitative estimate of drug-likeness (QED) is 0.900. The molecule has 0 saturated carbocycles. The Balaban J connectivity index is 1.81. The van der Waals surface area contributed by atoms with Crippen molar-refractivity contribution in [1.29, 1.82) is 0 Å². The summed E-state index contributed by atoms with van der Waals surface area (Å²) in [5.41, 5.74) is 2.66. The van der Waals surface area contributed by atoms with E-state index in [0.717, 1.165) is 0 Å². The van der Waals surface area contributed by atoms with Gasteiger partial charge >= 0.3 is 0 Å². The van der Waals surface area contributed by atoms with E-state index in [2.05, 4.69) is 41.5 Å². The largest absolute Gasteiger partial charge is 0.380 e. The Labute approximate surface area is 115 Å². The first-order valence-electron chi connectivity index (χ1n) is 7.35. The highest BCUT2D eigenvalue weighted by Gasteiger charge is 2.40. The van der Waals surface area contributed by atoms with Gasteiger partial charge in [-0.05, 0) is 50.4 Å². The Morgan fingerprint density at radius 3 is 2.63 bits per heavy atom. The van der Waals surface area contributed by atoms with E-state index in [1.54, 1.807) is 7.11 Å². The van der Waals surface area contributed by atoms with Crippen molar-refractivity contribution in [3.63, 3.8) is 0 Å². The summed E-state index contributed by atoms with van der Waals surface area (Å²) < 4.78 is 5.25. The molecule has 1 N–H and O–H groups in total. The molecule has 2 saturated heterocycles. The van der Waals surface area contributed by atoms with Crippen LogP contribution < -0.4 is 10.2 Å². The summed E-state index contributed by atoms with van der Waals surface area (Å²) in [5.74, 6) is 0. The number of hydrogen-bond acceptors (Lipinski definition) is 3. The van der Waals surface area contributed by atoms with Gasteiger partial charge in [0.2, 0.25) is 0 Å². The van der Waals surface area contributed by atoms with Gasteiger partial charge in [-0.25, -0.2) is 0 Å². The molecule has 2 aliphatic rings. The van der Waals surface area contributed by atoms with E-state index in [1.807, 2.05) is 0 Å². The zero-order valence-electron chi connectivity index (χ0n) is 11.9. The third-order valence-corrected chi connectivity index (χ3v) is 4.66. The fraction of sp³-hybridized carbons (Fsp3) is 0.625. The number of rotatable bonds is 4. The van der Waals surface area contributed by atoms with Crippen LogP contribution in [0.4, 0.5) is 5.69 Å². The van der Waals surface area contributed by atoms with Gasteiger partial charge in [0.15, 0.2) is 0 Å². The zero-order chi connectivity index (χ0) is 13.2. The molecule has 0 aromatic heterocycles. The van der Waals surface area contributed by atoms with Crippen molar-refractivity contribution < 1.29 is 4.74 Å². The molecule has 2 unspecified atom stereocenters. The monoisotopic (exact) mass is 260 g/mol. The van der Waals surface area contributed by atoms with Crippen molar-refractivity contribution in [2.75, 3.05) is 19.1 Å². The summed E-state index contributed by atoms with van der Waals surface area (Å²) in [6.45, 7) is 0.705. The summed E-state index contributed by atoms with van der Waals surface area (Å²) in [4.78, 5) is 2.66. The second kappa shape index (κ2) is 5.51. The third kappa shape index (κ3) is 2.49. The van der Waals surface area contributed by atoms with Gasteiger partial charge in [-0.2, -0.15) is 0 Å². The molecule has 2 atom stereocenters. The number of fused-ring (bicyclic) bond motifs is 2. The van der Waals surface area contributed by atoms with Crippen LogP contribution in [0.3, 0.4) is 0 Å². The van der Waals surface area contributed by atoms with Crippen LogP contribution in [0.5, 0.6) is 0 Å². The minimum absolute atomic E-state index is 0.705. The first-order chi connectivity index (χ1) is 9.31. The summed E-state index contributed by atoms with van der Waals surface area (Å²) in [7, 11) is 3.85. The molecular formula is C16H24N2O. The van der Waals surface area contributed by atoms with E-state index < -0.39 is 0 Å². The van der Waals surface area contributed by atoms with Gasteiger partial charge in [-0.3, -0.25) is 0 Å². The molecule has 2 aliphatic heterocycles. The minimum Gasteiger partial charge on any atom is -0.380 e. The number of piperidine rings is 1. The van der Waals surface area contributed by atoms with Crippen molar-refractivity contribution in [2.24, 2.45) is 0 Å². The van der Waals surface area contributed by atoms with E-state index in [0.29, 0.717) is 24.7 Å². The van der Waals surface area contributed by atoms with Crippen LogP contribution in [0, 0.1) is 0 Å². The molecule has 3 rings (SSSR count). The lowest BCUT2D eigenvalue weighted by atomic mass is 9.96. The number of methoxy groups -OCH3 is 1. The van der Waals surface area contributed by atoms with Gasteiger partial charge in [-0.1, -0.05) is 12.1 Å². The Bertz CT molecular complexity index is 421. The Morgan fingerprint density at radius 2 is 2.00 bits per heavy atom. The average molecular weight is 260 g/mol. The van der Waals surface area contributed by atoms with Gasteiger partial charge < -0.3 is 15.0 Å². The number of nitrogens with one attached hydrogen (secondary N) is 1. The average Bonchev–Trinajstić information content (AvgIpc) is 2.70. The molecule has 2 fully saturated rings. The van der Waals surface area contributed by atoms with Crippen molar-refractivity contribution in [3.8, 4) is 0 Å². The molecule has 0 radical (unpaired) electrons. The van der Waals surface area contributed by atoms with E-state index >= 15 is 0 Å². The van der Waals surface area contributed by atoms with Crippen LogP contribution in [0.25, 0.3) is 0 Å². The van der Waals surface area contributed by atoms with Crippen LogP contribution in [-0.2, 0) is 11.3 Å². The van der Waals surface area contributed by atoms with E-state index in [1.165, 1.54) is 36.9 Å². The maximum absolute atomic E-state index is 5.25. The van der Waals surface area contributed by atoms with Crippen LogP contribution in [0.1, 0.15) is 31.2 Å². The van der Waals surface area contributed by atoms with Gasteiger partial charge in [-0.15, -0.1) is 0 Å². The second-order valence-corrected chi connectivity index (χ2v) is 5.85. The molecule has 3 nitrogen and oxygen atoms in total. The molecule has 1 aromatic carbocycles. The van der Waals surface area contributed by atoms with Crippen molar-refractivity contribution in [3.05, 3.63) is 29.8 Å². The minimum atomic E-state index is 0.705. The van der Waals surface area contributed by atoms with E-state index in [9.17, 15) is 0 Å². The highest BCUT2D eigenvalue weighted by atomic mass is 16.5. The lowest BCUT2D eigenvalue weighted by molar-refractivity contribution is 0.185. The van der Waals surface area contributed by atoms with E-state index in [-0.39, 0.29) is 0 Å². The molecule has 104 valence electrons. The van der Waals surface area contributed by atoms with Crippen molar-refractivity contribution in [1.82, 2.24) is 5.32 Å². The molecule has 0 spiro atoms. The fourth-order valence-corrected chi connectivity index (χ4v) is 3.81. The number of anilines is 1. The zero-order valence-corrected chi connectivity index (χ0v) is 11.9. The van der Waals surface area contributed by atoms with Crippen LogP contribution >= 0.6 is 0 Å². The first-order valence-corrected chi connectivity index (χ1v) is 7.35. The summed E-state index contributed by atoms with van der Waals surface area (Å²) in [6, 6.07) is 11.0. The predicted octanol–water partition coefficient (Wildman–Crippen LogP) is 2.55. The summed E-state index contributed by atoms with van der Waals surface area (Å²) in [6.07, 6.45) is 5.25. The Hall–Kier alpha value is -1.06. The molecule has 1 aromatic rings. The molecule has 0 aliphatic carbocycles. The van der Waals surface area contributed by atoms with Gasteiger partial charge in [0.1, 0.15) is 0 Å². The molecular weight excluding hydrogens is 236 g/mol. The number of nitrogens with zero attached hydrogens (tertiary/aromatic N) is 1. The molecule has 2 bridgehead atoms. The van der Waals surface area contributed by atoms with E-state index in [4.69, 9.17) is 4.74 Å². The highest BCUT2D eigenvalue weighted by Crippen LogP contribution is 2.39. The topological polar surface area (TPSA) is 24.5 Å². The second-order valence-electron chi connectivity index (χ2n) is 5.85. The standard InChI is InChI=1S/C16H24N2O/c1-17-13-9-15-6-7-16(10-13)18(15)14-5-3-4-12(8-14)11-19-2/h3-5,8,13,15-17H,6-7,9-11H2,1-2H3. The first kappa shape index (κ1) is 12.9. The Morgan fingerprint density at radius 1 is 1.26 bits per heavy atom. The number of ether oxygens (including phenoxy) is 1. The molecule has 2 heterocycles. The van der Waals surface area contributed by atoms with Crippen LogP contribution in [-0.4, -0.2) is 32.3 Å².